The van der Waals surface area contributed by atoms with Gasteiger partial charge in [-0.2, -0.15) is 0 Å². The van der Waals surface area contributed by atoms with Crippen LogP contribution in [0, 0.1) is 6.92 Å². The van der Waals surface area contributed by atoms with E-state index in [0.29, 0.717) is 53.8 Å². The Hall–Kier alpha value is -3.75. The molecule has 4 rings (SSSR count). The lowest BCUT2D eigenvalue weighted by atomic mass is 10.1. The van der Waals surface area contributed by atoms with Crippen molar-refractivity contribution < 1.29 is 14.3 Å². The monoisotopic (exact) mass is 421 g/mol. The molecule has 0 unspecified atom stereocenters. The highest BCUT2D eigenvalue weighted by Crippen LogP contribution is 2.28. The highest BCUT2D eigenvalue weighted by atomic mass is 16.5. The van der Waals surface area contributed by atoms with Gasteiger partial charge in [0.1, 0.15) is 5.69 Å². The van der Waals surface area contributed by atoms with Crippen molar-refractivity contribution in [1.29, 1.82) is 0 Å². The maximum atomic E-state index is 12.8. The van der Waals surface area contributed by atoms with Crippen LogP contribution in [0.1, 0.15) is 23.7 Å². The zero-order valence-corrected chi connectivity index (χ0v) is 17.4. The number of ether oxygens (including phenoxy) is 2. The van der Waals surface area contributed by atoms with Crippen LogP contribution in [0.25, 0.3) is 11.5 Å². The lowest BCUT2D eigenvalue weighted by Crippen LogP contribution is -2.41. The van der Waals surface area contributed by atoms with Crippen LogP contribution in [0.5, 0.6) is 11.5 Å². The molecule has 1 aliphatic heterocycles. The molecule has 9 heteroatoms. The first kappa shape index (κ1) is 20.5. The van der Waals surface area contributed by atoms with Gasteiger partial charge >= 0.3 is 0 Å². The summed E-state index contributed by atoms with van der Waals surface area (Å²) in [7, 11) is 0. The quantitative estimate of drug-likeness (QED) is 0.647. The Labute approximate surface area is 179 Å². The normalized spacial score (nSPS) is 12.9. The van der Waals surface area contributed by atoms with Crippen molar-refractivity contribution in [2.24, 2.45) is 0 Å². The molecule has 160 valence electrons. The van der Waals surface area contributed by atoms with Gasteiger partial charge < -0.3 is 19.4 Å². The van der Waals surface area contributed by atoms with E-state index in [1.54, 1.807) is 17.2 Å². The minimum Gasteiger partial charge on any atom is -0.490 e. The molecule has 2 aromatic heterocycles. The van der Waals surface area contributed by atoms with Crippen molar-refractivity contribution in [2.45, 2.75) is 26.8 Å². The lowest BCUT2D eigenvalue weighted by molar-refractivity contribution is -0.134. The number of carbonyl (C=O) groups is 1. The fourth-order valence-corrected chi connectivity index (χ4v) is 3.43. The van der Waals surface area contributed by atoms with E-state index in [1.165, 1.54) is 12.4 Å². The second-order valence-corrected chi connectivity index (χ2v) is 7.17. The number of amides is 1. The van der Waals surface area contributed by atoms with Crippen molar-refractivity contribution >= 4 is 5.91 Å². The standard InChI is InChI=1S/C22H23N5O4/c1-3-30-19-10-14(2)4-5-18(19)31-13-20(28)27-9-6-15-17(12-27)25-21(26-22(15)29)16-11-23-7-8-24-16/h4-5,7-8,10-11H,3,6,9,12-13H2,1-2H3,(H,25,26,29). The number of benzene rings is 1. The summed E-state index contributed by atoms with van der Waals surface area (Å²) in [6.07, 6.45) is 5.04. The molecule has 0 atom stereocenters. The maximum absolute atomic E-state index is 12.8. The topological polar surface area (TPSA) is 110 Å². The predicted octanol–water partition coefficient (Wildman–Crippen LogP) is 1.90. The van der Waals surface area contributed by atoms with Crippen LogP contribution in [-0.2, 0) is 17.8 Å². The smallest absolute Gasteiger partial charge is 0.260 e. The number of rotatable bonds is 6. The van der Waals surface area contributed by atoms with Crippen molar-refractivity contribution in [3.63, 3.8) is 0 Å². The highest BCUT2D eigenvalue weighted by molar-refractivity contribution is 5.78. The largest absolute Gasteiger partial charge is 0.490 e. The predicted molar refractivity (Wildman–Crippen MR) is 113 cm³/mol. The Morgan fingerprint density at radius 3 is 2.87 bits per heavy atom. The Balaban J connectivity index is 1.48. The van der Waals surface area contributed by atoms with E-state index in [0.717, 1.165) is 5.56 Å². The number of fused-ring (bicyclic) bond motifs is 1. The van der Waals surface area contributed by atoms with Crippen LogP contribution >= 0.6 is 0 Å². The van der Waals surface area contributed by atoms with Crippen LogP contribution in [-0.4, -0.2) is 50.5 Å². The minimum atomic E-state index is -0.213. The van der Waals surface area contributed by atoms with E-state index in [4.69, 9.17) is 9.47 Å². The van der Waals surface area contributed by atoms with Gasteiger partial charge in [0.2, 0.25) is 0 Å². The molecule has 0 fully saturated rings. The van der Waals surface area contributed by atoms with Gasteiger partial charge in [0, 0.05) is 24.5 Å². The van der Waals surface area contributed by atoms with E-state index in [-0.39, 0.29) is 24.6 Å². The molecular formula is C22H23N5O4. The van der Waals surface area contributed by atoms with Crippen LogP contribution in [0.3, 0.4) is 0 Å². The van der Waals surface area contributed by atoms with Crippen LogP contribution < -0.4 is 15.0 Å². The van der Waals surface area contributed by atoms with Crippen molar-refractivity contribution in [1.82, 2.24) is 24.8 Å². The number of nitrogens with one attached hydrogen (secondary N) is 1. The van der Waals surface area contributed by atoms with Gasteiger partial charge in [-0.3, -0.25) is 14.6 Å². The van der Waals surface area contributed by atoms with Gasteiger partial charge in [0.05, 0.1) is 25.0 Å². The van der Waals surface area contributed by atoms with E-state index in [1.807, 2.05) is 26.0 Å². The second kappa shape index (κ2) is 8.95. The first-order valence-corrected chi connectivity index (χ1v) is 10.1. The second-order valence-electron chi connectivity index (χ2n) is 7.17. The summed E-state index contributed by atoms with van der Waals surface area (Å²) in [6, 6.07) is 5.59. The number of nitrogens with zero attached hydrogens (tertiary/aromatic N) is 4. The summed E-state index contributed by atoms with van der Waals surface area (Å²) in [5.41, 5.74) is 2.46. The summed E-state index contributed by atoms with van der Waals surface area (Å²) >= 11 is 0. The Kier molecular flexibility index (Phi) is 5.92. The van der Waals surface area contributed by atoms with Crippen molar-refractivity contribution in [3.05, 3.63) is 64.0 Å². The van der Waals surface area contributed by atoms with Crippen LogP contribution in [0.15, 0.2) is 41.6 Å². The molecule has 31 heavy (non-hydrogen) atoms. The van der Waals surface area contributed by atoms with Crippen LogP contribution in [0.2, 0.25) is 0 Å². The molecule has 0 spiro atoms. The number of hydrogen-bond acceptors (Lipinski definition) is 7. The highest BCUT2D eigenvalue weighted by Gasteiger charge is 2.25. The molecule has 0 radical (unpaired) electrons. The number of aromatic amines is 1. The van der Waals surface area contributed by atoms with Crippen molar-refractivity contribution in [3.8, 4) is 23.0 Å². The molecule has 0 saturated heterocycles. The first-order chi connectivity index (χ1) is 15.0. The van der Waals surface area contributed by atoms with Gasteiger partial charge in [-0.25, -0.2) is 9.97 Å². The molecule has 3 heterocycles. The van der Waals surface area contributed by atoms with Gasteiger partial charge in [-0.1, -0.05) is 6.07 Å². The summed E-state index contributed by atoms with van der Waals surface area (Å²) in [6.45, 7) is 4.90. The van der Waals surface area contributed by atoms with Gasteiger partial charge in [0.25, 0.3) is 11.5 Å². The fraction of sp³-hybridized carbons (Fsp3) is 0.318. The molecule has 0 bridgehead atoms. The number of H-pyrrole nitrogens is 1. The third-order valence-electron chi connectivity index (χ3n) is 4.98. The Bertz CT molecular complexity index is 1150. The first-order valence-electron chi connectivity index (χ1n) is 10.1. The summed E-state index contributed by atoms with van der Waals surface area (Å²) in [5.74, 6) is 1.29. The maximum Gasteiger partial charge on any atom is 0.260 e. The molecule has 1 amide bonds. The summed E-state index contributed by atoms with van der Waals surface area (Å²) in [4.78, 5) is 42.4. The molecule has 1 N–H and O–H groups in total. The van der Waals surface area contributed by atoms with Crippen LogP contribution in [0.4, 0.5) is 0 Å². The average Bonchev–Trinajstić information content (AvgIpc) is 2.78. The molecule has 0 aliphatic carbocycles. The third-order valence-corrected chi connectivity index (χ3v) is 4.98. The number of carbonyl (C=O) groups excluding carboxylic acids is 1. The minimum absolute atomic E-state index is 0.126. The van der Waals surface area contributed by atoms with Gasteiger partial charge in [-0.15, -0.1) is 0 Å². The van der Waals surface area contributed by atoms with E-state index in [2.05, 4.69) is 19.9 Å². The molecule has 1 aromatic carbocycles. The molecule has 9 nitrogen and oxygen atoms in total. The molecule has 0 saturated carbocycles. The molecule has 3 aromatic rings. The van der Waals surface area contributed by atoms with E-state index in [9.17, 15) is 9.59 Å². The van der Waals surface area contributed by atoms with E-state index >= 15 is 0 Å². The van der Waals surface area contributed by atoms with Gasteiger partial charge in [0.15, 0.2) is 23.9 Å². The Morgan fingerprint density at radius 1 is 1.23 bits per heavy atom. The van der Waals surface area contributed by atoms with Crippen molar-refractivity contribution in [2.75, 3.05) is 19.8 Å². The number of aryl methyl sites for hydroxylation is 1. The average molecular weight is 421 g/mol. The lowest BCUT2D eigenvalue weighted by Gasteiger charge is -2.28. The zero-order chi connectivity index (χ0) is 21.8. The fourth-order valence-electron chi connectivity index (χ4n) is 3.43. The summed E-state index contributed by atoms with van der Waals surface area (Å²) in [5, 5.41) is 0. The summed E-state index contributed by atoms with van der Waals surface area (Å²) < 4.78 is 11.3. The zero-order valence-electron chi connectivity index (χ0n) is 17.4. The number of aromatic nitrogens is 4. The van der Waals surface area contributed by atoms with E-state index < -0.39 is 0 Å². The molecular weight excluding hydrogens is 398 g/mol. The number of hydrogen-bond donors (Lipinski definition) is 1. The van der Waals surface area contributed by atoms with Gasteiger partial charge in [-0.05, 0) is 38.0 Å². The third kappa shape index (κ3) is 4.55. The molecule has 1 aliphatic rings. The Morgan fingerprint density at radius 2 is 2.10 bits per heavy atom. The SMILES string of the molecule is CCOc1cc(C)ccc1OCC(=O)N1CCc2c(nc(-c3cnccn3)[nH]c2=O)C1.